The number of ether oxygens (including phenoxy) is 1. The highest BCUT2D eigenvalue weighted by atomic mass is 16.5. The molecule has 0 aromatic carbocycles. The number of rotatable bonds is 5. The molecule has 0 aromatic heterocycles. The van der Waals surface area contributed by atoms with E-state index in [2.05, 4.69) is 13.8 Å². The van der Waals surface area contributed by atoms with Gasteiger partial charge in [-0.25, -0.2) is 0 Å². The van der Waals surface area contributed by atoms with Gasteiger partial charge in [-0.15, -0.1) is 0 Å². The van der Waals surface area contributed by atoms with Crippen LogP contribution in [0.4, 0.5) is 0 Å². The molecule has 0 aromatic rings. The Morgan fingerprint density at radius 3 is 2.53 bits per heavy atom. The summed E-state index contributed by atoms with van der Waals surface area (Å²) >= 11 is 0. The van der Waals surface area contributed by atoms with Crippen molar-refractivity contribution in [1.29, 1.82) is 0 Å². The highest BCUT2D eigenvalue weighted by Crippen LogP contribution is 2.47. The van der Waals surface area contributed by atoms with Gasteiger partial charge in [0.1, 0.15) is 0 Å². The minimum Gasteiger partial charge on any atom is -0.390 e. The van der Waals surface area contributed by atoms with E-state index in [1.165, 1.54) is 25.7 Å². The largest absolute Gasteiger partial charge is 0.390 e. The molecule has 2 aliphatic rings. The summed E-state index contributed by atoms with van der Waals surface area (Å²) in [6.07, 6.45) is 9.27. The van der Waals surface area contributed by atoms with Crippen molar-refractivity contribution in [1.82, 2.24) is 0 Å². The molecule has 2 saturated carbocycles. The molecule has 2 rings (SSSR count). The van der Waals surface area contributed by atoms with Crippen LogP contribution >= 0.6 is 0 Å². The zero-order valence-electron chi connectivity index (χ0n) is 11.7. The van der Waals surface area contributed by atoms with Gasteiger partial charge in [-0.2, -0.15) is 0 Å². The van der Waals surface area contributed by atoms with Gasteiger partial charge in [0.2, 0.25) is 0 Å². The quantitative estimate of drug-likeness (QED) is 0.796. The number of methoxy groups -OCH3 is 1. The minimum absolute atomic E-state index is 0.0950. The van der Waals surface area contributed by atoms with Gasteiger partial charge < -0.3 is 9.84 Å². The SMILES string of the molecule is COC(C)(C)CCC1(O)CCCC(C2CC2)C1. The monoisotopic (exact) mass is 240 g/mol. The fraction of sp³-hybridized carbons (Fsp3) is 1.00. The third-order valence-electron chi connectivity index (χ3n) is 4.89. The highest BCUT2D eigenvalue weighted by molar-refractivity contribution is 4.93. The van der Waals surface area contributed by atoms with Crippen LogP contribution in [0.5, 0.6) is 0 Å². The van der Waals surface area contributed by atoms with E-state index in [1.807, 2.05) is 0 Å². The van der Waals surface area contributed by atoms with Crippen LogP contribution in [0.25, 0.3) is 0 Å². The van der Waals surface area contributed by atoms with Crippen LogP contribution in [-0.4, -0.2) is 23.4 Å². The van der Waals surface area contributed by atoms with Crippen molar-refractivity contribution in [2.75, 3.05) is 7.11 Å². The molecule has 2 fully saturated rings. The molecular weight excluding hydrogens is 212 g/mol. The first kappa shape index (κ1) is 13.4. The summed E-state index contributed by atoms with van der Waals surface area (Å²) in [4.78, 5) is 0. The van der Waals surface area contributed by atoms with Gasteiger partial charge in [0.25, 0.3) is 0 Å². The van der Waals surface area contributed by atoms with Crippen LogP contribution in [0.15, 0.2) is 0 Å². The Morgan fingerprint density at radius 1 is 1.24 bits per heavy atom. The molecule has 2 heteroatoms. The molecule has 0 spiro atoms. The predicted molar refractivity (Wildman–Crippen MR) is 70.0 cm³/mol. The molecule has 0 heterocycles. The van der Waals surface area contributed by atoms with Crippen LogP contribution in [0.1, 0.15) is 65.2 Å². The fourth-order valence-corrected chi connectivity index (χ4v) is 3.22. The van der Waals surface area contributed by atoms with Crippen molar-refractivity contribution >= 4 is 0 Å². The molecular formula is C15H28O2. The van der Waals surface area contributed by atoms with Crippen molar-refractivity contribution in [3.63, 3.8) is 0 Å². The van der Waals surface area contributed by atoms with E-state index < -0.39 is 5.60 Å². The van der Waals surface area contributed by atoms with Crippen molar-refractivity contribution < 1.29 is 9.84 Å². The Balaban J connectivity index is 1.84. The Kier molecular flexibility index (Phi) is 3.84. The van der Waals surface area contributed by atoms with E-state index in [9.17, 15) is 5.11 Å². The lowest BCUT2D eigenvalue weighted by molar-refractivity contribution is -0.0558. The first-order valence-corrected chi connectivity index (χ1v) is 7.22. The lowest BCUT2D eigenvalue weighted by Gasteiger charge is -2.39. The summed E-state index contributed by atoms with van der Waals surface area (Å²) in [5, 5.41) is 10.7. The van der Waals surface area contributed by atoms with Gasteiger partial charge in [-0.05, 0) is 70.6 Å². The number of hydrogen-bond donors (Lipinski definition) is 1. The van der Waals surface area contributed by atoms with E-state index in [0.29, 0.717) is 0 Å². The third-order valence-corrected chi connectivity index (χ3v) is 4.89. The van der Waals surface area contributed by atoms with Gasteiger partial charge in [-0.1, -0.05) is 6.42 Å². The summed E-state index contributed by atoms with van der Waals surface area (Å²) in [6.45, 7) is 4.22. The normalized spacial score (nSPS) is 34.9. The minimum atomic E-state index is -0.401. The molecule has 2 atom stereocenters. The van der Waals surface area contributed by atoms with Crippen LogP contribution in [-0.2, 0) is 4.74 Å². The van der Waals surface area contributed by atoms with Gasteiger partial charge in [-0.3, -0.25) is 0 Å². The van der Waals surface area contributed by atoms with Gasteiger partial charge in [0.05, 0.1) is 11.2 Å². The summed E-state index contributed by atoms with van der Waals surface area (Å²) in [5.74, 6) is 1.75. The zero-order valence-corrected chi connectivity index (χ0v) is 11.7. The molecule has 2 nitrogen and oxygen atoms in total. The lowest BCUT2D eigenvalue weighted by atomic mass is 9.73. The van der Waals surface area contributed by atoms with Crippen LogP contribution in [0.2, 0.25) is 0 Å². The van der Waals surface area contributed by atoms with E-state index in [4.69, 9.17) is 4.74 Å². The molecule has 1 N–H and O–H groups in total. The molecule has 2 unspecified atom stereocenters. The average Bonchev–Trinajstić information content (AvgIpc) is 3.11. The smallest absolute Gasteiger partial charge is 0.0651 e. The molecule has 17 heavy (non-hydrogen) atoms. The summed E-state index contributed by atoms with van der Waals surface area (Å²) in [7, 11) is 1.76. The van der Waals surface area contributed by atoms with Crippen LogP contribution in [0, 0.1) is 11.8 Å². The average molecular weight is 240 g/mol. The molecule has 0 bridgehead atoms. The molecule has 100 valence electrons. The maximum atomic E-state index is 10.7. The summed E-state index contributed by atoms with van der Waals surface area (Å²) < 4.78 is 5.45. The second-order valence-electron chi connectivity index (χ2n) is 6.88. The molecule has 0 saturated heterocycles. The second kappa shape index (κ2) is 4.89. The standard InChI is InChI=1S/C15H28O2/c1-14(2,17-3)9-10-15(16)8-4-5-13(11-15)12-6-7-12/h12-13,16H,4-11H2,1-3H3. The molecule has 2 aliphatic carbocycles. The maximum Gasteiger partial charge on any atom is 0.0651 e. The molecule has 0 amide bonds. The van der Waals surface area contributed by atoms with Crippen molar-refractivity contribution in [2.24, 2.45) is 11.8 Å². The van der Waals surface area contributed by atoms with Crippen molar-refractivity contribution in [2.45, 2.75) is 76.4 Å². The Bertz CT molecular complexity index is 258. The van der Waals surface area contributed by atoms with Crippen molar-refractivity contribution in [3.8, 4) is 0 Å². The predicted octanol–water partition coefficient (Wildman–Crippen LogP) is 3.52. The summed E-state index contributed by atoms with van der Waals surface area (Å²) in [6, 6.07) is 0. The Labute approximate surface area is 106 Å². The van der Waals surface area contributed by atoms with E-state index >= 15 is 0 Å². The van der Waals surface area contributed by atoms with Crippen LogP contribution < -0.4 is 0 Å². The fourth-order valence-electron chi connectivity index (χ4n) is 3.22. The first-order valence-electron chi connectivity index (χ1n) is 7.22. The van der Waals surface area contributed by atoms with E-state index in [1.54, 1.807) is 7.11 Å². The number of hydrogen-bond acceptors (Lipinski definition) is 2. The van der Waals surface area contributed by atoms with E-state index in [-0.39, 0.29) is 5.60 Å². The van der Waals surface area contributed by atoms with Gasteiger partial charge in [0, 0.05) is 7.11 Å². The molecule has 0 radical (unpaired) electrons. The summed E-state index contributed by atoms with van der Waals surface area (Å²) in [5.41, 5.74) is -0.496. The Morgan fingerprint density at radius 2 is 1.94 bits per heavy atom. The number of aliphatic hydroxyl groups is 1. The lowest BCUT2D eigenvalue weighted by Crippen LogP contribution is -2.38. The van der Waals surface area contributed by atoms with Gasteiger partial charge in [0.15, 0.2) is 0 Å². The topological polar surface area (TPSA) is 29.5 Å². The van der Waals surface area contributed by atoms with E-state index in [0.717, 1.165) is 37.5 Å². The van der Waals surface area contributed by atoms with Crippen molar-refractivity contribution in [3.05, 3.63) is 0 Å². The maximum absolute atomic E-state index is 10.7. The highest BCUT2D eigenvalue weighted by Gasteiger charge is 2.41. The molecule has 0 aliphatic heterocycles. The Hall–Kier alpha value is -0.0800. The first-order chi connectivity index (χ1) is 7.94. The third kappa shape index (κ3) is 3.69. The van der Waals surface area contributed by atoms with Crippen LogP contribution in [0.3, 0.4) is 0 Å². The zero-order chi connectivity index (χ0) is 12.5. The second-order valence-corrected chi connectivity index (χ2v) is 6.88. The van der Waals surface area contributed by atoms with Gasteiger partial charge >= 0.3 is 0 Å².